The van der Waals surface area contributed by atoms with Crippen LogP contribution < -0.4 is 10.0 Å². The third kappa shape index (κ3) is 4.13. The number of rotatable bonds is 5. The van der Waals surface area contributed by atoms with Crippen LogP contribution in [0.1, 0.15) is 47.5 Å². The van der Waals surface area contributed by atoms with Crippen molar-refractivity contribution in [3.8, 4) is 0 Å². The van der Waals surface area contributed by atoms with Crippen molar-refractivity contribution in [3.63, 3.8) is 0 Å². The van der Waals surface area contributed by atoms with Crippen LogP contribution in [-0.4, -0.2) is 36.0 Å². The molecule has 6 nitrogen and oxygen atoms in total. The fourth-order valence-electron chi connectivity index (χ4n) is 4.17. The quantitative estimate of drug-likeness (QED) is 0.746. The van der Waals surface area contributed by atoms with Crippen LogP contribution in [0, 0.1) is 0 Å². The second-order valence-electron chi connectivity index (χ2n) is 8.28. The van der Waals surface area contributed by atoms with Gasteiger partial charge in [0.2, 0.25) is 10.0 Å². The molecule has 1 aliphatic carbocycles. The summed E-state index contributed by atoms with van der Waals surface area (Å²) in [6.07, 6.45) is -2.79. The Morgan fingerprint density at radius 3 is 2.70 bits per heavy atom. The fraction of sp³-hybridized carbons (Fsp3) is 0.550. The molecule has 0 spiro atoms. The zero-order chi connectivity index (χ0) is 21.7. The minimum atomic E-state index is -4.48. The molecule has 2 aromatic rings. The predicted molar refractivity (Wildman–Crippen MR) is 107 cm³/mol. The molecule has 1 aromatic heterocycles. The molecule has 0 saturated heterocycles. The van der Waals surface area contributed by atoms with E-state index in [1.165, 1.54) is 4.68 Å². The van der Waals surface area contributed by atoms with Crippen LogP contribution in [0.25, 0.3) is 0 Å². The highest BCUT2D eigenvalue weighted by molar-refractivity contribution is 7.90. The Bertz CT molecular complexity index is 1060. The Kier molecular flexibility index (Phi) is 5.44. The number of halogens is 3. The lowest BCUT2D eigenvalue weighted by atomic mass is 10.1. The number of alkyl halides is 3. The van der Waals surface area contributed by atoms with Gasteiger partial charge in [-0.1, -0.05) is 18.2 Å². The number of nitrogens with one attached hydrogen (secondary N) is 2. The highest BCUT2D eigenvalue weighted by Gasteiger charge is 2.39. The molecule has 1 aliphatic heterocycles. The molecular weight excluding hydrogens is 417 g/mol. The van der Waals surface area contributed by atoms with E-state index in [-0.39, 0.29) is 24.7 Å². The Hall–Kier alpha value is -1.91. The van der Waals surface area contributed by atoms with Crippen molar-refractivity contribution < 1.29 is 21.6 Å². The van der Waals surface area contributed by atoms with Gasteiger partial charge in [0.25, 0.3) is 0 Å². The summed E-state index contributed by atoms with van der Waals surface area (Å²) in [5, 5.41) is 6.38. The van der Waals surface area contributed by atoms with E-state index in [0.717, 1.165) is 16.7 Å². The number of sulfonamides is 1. The molecule has 0 saturated carbocycles. The van der Waals surface area contributed by atoms with Crippen LogP contribution in [0.4, 0.5) is 13.2 Å². The molecule has 164 valence electrons. The molecule has 2 N–H and O–H groups in total. The molecule has 2 heterocycles. The van der Waals surface area contributed by atoms with Crippen LogP contribution in [0.3, 0.4) is 0 Å². The Morgan fingerprint density at radius 2 is 2.00 bits per heavy atom. The molecular formula is C20H25F3N4O2S. The maximum absolute atomic E-state index is 13.4. The van der Waals surface area contributed by atoms with E-state index in [0.29, 0.717) is 31.5 Å². The van der Waals surface area contributed by atoms with Gasteiger partial charge in [-0.2, -0.15) is 18.3 Å². The van der Waals surface area contributed by atoms with E-state index in [9.17, 15) is 21.6 Å². The summed E-state index contributed by atoms with van der Waals surface area (Å²) in [4.78, 5) is 0. The second kappa shape index (κ2) is 7.65. The first kappa shape index (κ1) is 21.3. The van der Waals surface area contributed by atoms with Gasteiger partial charge in [-0.15, -0.1) is 0 Å². The number of benzene rings is 1. The van der Waals surface area contributed by atoms with Crippen molar-refractivity contribution >= 4 is 10.0 Å². The maximum Gasteiger partial charge on any atom is 0.435 e. The van der Waals surface area contributed by atoms with Crippen LogP contribution in [-0.2, 0) is 48.6 Å². The van der Waals surface area contributed by atoms with Gasteiger partial charge in [-0.3, -0.25) is 4.68 Å². The maximum atomic E-state index is 13.4. The number of aromatic nitrogens is 2. The molecule has 0 fully saturated rings. The molecule has 1 aromatic carbocycles. The third-order valence-electron chi connectivity index (χ3n) is 5.76. The molecule has 0 amide bonds. The van der Waals surface area contributed by atoms with Crippen molar-refractivity contribution in [2.75, 3.05) is 6.54 Å². The number of nitrogens with zero attached hydrogens (tertiary/aromatic N) is 2. The van der Waals surface area contributed by atoms with Gasteiger partial charge >= 0.3 is 6.18 Å². The van der Waals surface area contributed by atoms with E-state index in [1.54, 1.807) is 13.8 Å². The molecule has 0 bridgehead atoms. The monoisotopic (exact) mass is 442 g/mol. The van der Waals surface area contributed by atoms with Crippen LogP contribution in [0.2, 0.25) is 0 Å². The van der Waals surface area contributed by atoms with Gasteiger partial charge in [0.1, 0.15) is 0 Å². The summed E-state index contributed by atoms with van der Waals surface area (Å²) >= 11 is 0. The second-order valence-corrected chi connectivity index (χ2v) is 10.5. The average Bonchev–Trinajstić information content (AvgIpc) is 3.22. The fourth-order valence-corrected chi connectivity index (χ4v) is 5.08. The summed E-state index contributed by atoms with van der Waals surface area (Å²) in [6, 6.07) is 5.60. The first-order valence-corrected chi connectivity index (χ1v) is 11.6. The van der Waals surface area contributed by atoms with E-state index >= 15 is 0 Å². The lowest BCUT2D eigenvalue weighted by molar-refractivity contribution is -0.142. The van der Waals surface area contributed by atoms with Gasteiger partial charge in [-0.05, 0) is 43.4 Å². The summed E-state index contributed by atoms with van der Waals surface area (Å²) in [6.45, 7) is 4.33. The van der Waals surface area contributed by atoms with Crippen LogP contribution >= 0.6 is 0 Å². The Morgan fingerprint density at radius 1 is 1.27 bits per heavy atom. The smallest absolute Gasteiger partial charge is 0.312 e. The number of fused-ring (bicyclic) bond motifs is 2. The molecule has 2 aliphatic rings. The van der Waals surface area contributed by atoms with E-state index in [2.05, 4.69) is 15.1 Å². The zero-order valence-electron chi connectivity index (χ0n) is 16.9. The van der Waals surface area contributed by atoms with E-state index in [1.807, 2.05) is 18.2 Å². The number of hydrogen-bond acceptors (Lipinski definition) is 4. The highest BCUT2D eigenvalue weighted by atomic mass is 32.2. The first-order valence-electron chi connectivity index (χ1n) is 10.0. The lowest BCUT2D eigenvalue weighted by Gasteiger charge is -2.16. The molecule has 10 heteroatoms. The highest BCUT2D eigenvalue weighted by Crippen LogP contribution is 2.34. The van der Waals surface area contributed by atoms with E-state index in [4.69, 9.17) is 0 Å². The number of hydrogen-bond donors (Lipinski definition) is 2. The van der Waals surface area contributed by atoms with Gasteiger partial charge in [0, 0.05) is 36.8 Å². The summed E-state index contributed by atoms with van der Waals surface area (Å²) in [7, 11) is -3.36. The minimum absolute atomic E-state index is 0.173. The van der Waals surface area contributed by atoms with E-state index < -0.39 is 27.1 Å². The predicted octanol–water partition coefficient (Wildman–Crippen LogP) is 2.39. The standard InChI is InChI=1S/C20H25F3N4O2S/c1-12(2)30(28,29)26-16-8-14-4-3-13(7-15(14)9-16)11-27-18-5-6-24-10-17(18)19(25-27)20(21,22)23/h3-4,7,12,16,24,26H,5-6,8-11H2,1-2H3/t16-/m0/s1. The lowest BCUT2D eigenvalue weighted by Crippen LogP contribution is -2.39. The summed E-state index contributed by atoms with van der Waals surface area (Å²) in [5.74, 6) is 0. The zero-order valence-corrected chi connectivity index (χ0v) is 17.7. The SMILES string of the molecule is CC(C)S(=O)(=O)N[C@H]1Cc2ccc(Cn3nc(C(F)(F)F)c4c3CCNC4)cc2C1. The first-order chi connectivity index (χ1) is 14.0. The largest absolute Gasteiger partial charge is 0.435 e. The Labute approximate surface area is 173 Å². The van der Waals surface area contributed by atoms with Crippen molar-refractivity contribution in [2.24, 2.45) is 0 Å². The average molecular weight is 443 g/mol. The molecule has 4 rings (SSSR count). The third-order valence-corrected chi connectivity index (χ3v) is 7.67. The normalized spacial score (nSPS) is 19.2. The van der Waals surface area contributed by atoms with Crippen LogP contribution in [0.5, 0.6) is 0 Å². The van der Waals surface area contributed by atoms with Gasteiger partial charge < -0.3 is 5.32 Å². The van der Waals surface area contributed by atoms with Crippen molar-refractivity contribution in [1.29, 1.82) is 0 Å². The van der Waals surface area contributed by atoms with Crippen LogP contribution in [0.15, 0.2) is 18.2 Å². The van der Waals surface area contributed by atoms with Gasteiger partial charge in [-0.25, -0.2) is 13.1 Å². The Balaban J connectivity index is 1.55. The molecule has 30 heavy (non-hydrogen) atoms. The minimum Gasteiger partial charge on any atom is -0.312 e. The molecule has 0 unspecified atom stereocenters. The van der Waals surface area contributed by atoms with Crippen molar-refractivity contribution in [1.82, 2.24) is 19.8 Å². The molecule has 1 atom stereocenters. The summed E-state index contributed by atoms with van der Waals surface area (Å²) in [5.41, 5.74) is 3.01. The summed E-state index contributed by atoms with van der Waals surface area (Å²) < 4.78 is 68.7. The van der Waals surface area contributed by atoms with Crippen molar-refractivity contribution in [2.45, 2.75) is 63.7 Å². The van der Waals surface area contributed by atoms with Crippen molar-refractivity contribution in [3.05, 3.63) is 51.8 Å². The van der Waals surface area contributed by atoms with Gasteiger partial charge in [0.05, 0.1) is 11.8 Å². The molecule has 0 radical (unpaired) electrons. The topological polar surface area (TPSA) is 76.0 Å². The van der Waals surface area contributed by atoms with Gasteiger partial charge in [0.15, 0.2) is 5.69 Å².